The van der Waals surface area contributed by atoms with Crippen molar-refractivity contribution in [3.8, 4) is 17.2 Å². The number of carbonyl (C=O) groups is 1. The summed E-state index contributed by atoms with van der Waals surface area (Å²) in [5.74, 6) is 2.55. The molecular formula is C31H38ClNO4. The molecule has 4 rings (SSSR count). The predicted octanol–water partition coefficient (Wildman–Crippen LogP) is 6.40. The molecule has 1 aliphatic carbocycles. The monoisotopic (exact) mass is 523 g/mol. The highest BCUT2D eigenvalue weighted by atomic mass is 35.5. The standard InChI is InChI=1S/C31H37NO4.ClH/c1-32(18-16-23-11-7-13-27(19-23)36-22-24-9-5-4-6-10-24)17-8-12-25-14-15-26-20-29(34-2)30(35-3)21-28(26)31(25)33;/h4-7,9-11,13,19-21,25H,8,12,14-18,22H2,1-3H3;1H. The first-order chi connectivity index (χ1) is 17.6. The number of Topliss-reactive ketones (excluding diaryl/α,β-unsaturated/α-hetero) is 1. The average Bonchev–Trinajstić information content (AvgIpc) is 2.92. The molecule has 0 amide bonds. The van der Waals surface area contributed by atoms with E-state index >= 15 is 0 Å². The number of hydrogen-bond acceptors (Lipinski definition) is 5. The lowest BCUT2D eigenvalue weighted by Crippen LogP contribution is -2.26. The SMILES string of the molecule is COc1cc2c(cc1OC)C(=O)C(CCCN(C)CCc1cccc(OCc3ccccc3)c1)CC2.Cl. The Bertz CT molecular complexity index is 1150. The van der Waals surface area contributed by atoms with Crippen molar-refractivity contribution in [2.24, 2.45) is 5.92 Å². The zero-order valence-corrected chi connectivity index (χ0v) is 22.9. The van der Waals surface area contributed by atoms with E-state index in [2.05, 4.69) is 42.3 Å². The highest BCUT2D eigenvalue weighted by Gasteiger charge is 2.28. The summed E-state index contributed by atoms with van der Waals surface area (Å²) >= 11 is 0. The van der Waals surface area contributed by atoms with Crippen LogP contribution in [0.15, 0.2) is 66.7 Å². The van der Waals surface area contributed by atoms with Gasteiger partial charge in [-0.15, -0.1) is 12.4 Å². The van der Waals surface area contributed by atoms with Crippen LogP contribution in [0.4, 0.5) is 0 Å². The maximum Gasteiger partial charge on any atom is 0.166 e. The molecule has 0 heterocycles. The van der Waals surface area contributed by atoms with E-state index in [4.69, 9.17) is 14.2 Å². The first-order valence-electron chi connectivity index (χ1n) is 12.8. The van der Waals surface area contributed by atoms with E-state index in [-0.39, 0.29) is 24.1 Å². The Morgan fingerprint density at radius 2 is 1.62 bits per heavy atom. The summed E-state index contributed by atoms with van der Waals surface area (Å²) in [5.41, 5.74) is 4.31. The lowest BCUT2D eigenvalue weighted by molar-refractivity contribution is 0.0890. The number of ether oxygens (including phenoxy) is 3. The van der Waals surface area contributed by atoms with Crippen molar-refractivity contribution in [1.29, 1.82) is 0 Å². The van der Waals surface area contributed by atoms with Crippen LogP contribution in [-0.4, -0.2) is 45.0 Å². The Labute approximate surface area is 227 Å². The third-order valence-electron chi connectivity index (χ3n) is 7.03. The molecule has 0 bridgehead atoms. The van der Waals surface area contributed by atoms with Gasteiger partial charge in [-0.2, -0.15) is 0 Å². The third kappa shape index (κ3) is 7.73. The minimum atomic E-state index is 0. The summed E-state index contributed by atoms with van der Waals surface area (Å²) in [7, 11) is 5.40. The highest BCUT2D eigenvalue weighted by molar-refractivity contribution is 6.00. The molecule has 5 nitrogen and oxygen atoms in total. The van der Waals surface area contributed by atoms with Gasteiger partial charge in [-0.25, -0.2) is 0 Å². The number of aryl methyl sites for hydroxylation is 1. The van der Waals surface area contributed by atoms with Gasteiger partial charge in [0.1, 0.15) is 12.4 Å². The Kier molecular flexibility index (Phi) is 10.8. The largest absolute Gasteiger partial charge is 0.493 e. The van der Waals surface area contributed by atoms with Gasteiger partial charge in [-0.3, -0.25) is 4.79 Å². The summed E-state index contributed by atoms with van der Waals surface area (Å²) in [4.78, 5) is 15.5. The number of methoxy groups -OCH3 is 2. The van der Waals surface area contributed by atoms with Gasteiger partial charge in [0.15, 0.2) is 17.3 Å². The second-order valence-corrected chi connectivity index (χ2v) is 9.58. The van der Waals surface area contributed by atoms with Gasteiger partial charge in [-0.05, 0) is 86.7 Å². The molecule has 1 atom stereocenters. The highest BCUT2D eigenvalue weighted by Crippen LogP contribution is 2.36. The first-order valence-corrected chi connectivity index (χ1v) is 12.8. The van der Waals surface area contributed by atoms with Crippen LogP contribution < -0.4 is 14.2 Å². The van der Waals surface area contributed by atoms with Crippen LogP contribution in [-0.2, 0) is 19.4 Å². The van der Waals surface area contributed by atoms with Crippen molar-refractivity contribution in [3.63, 3.8) is 0 Å². The Hall–Kier alpha value is -3.02. The minimum Gasteiger partial charge on any atom is -0.493 e. The zero-order valence-electron chi connectivity index (χ0n) is 22.1. The van der Waals surface area contributed by atoms with Gasteiger partial charge in [0.05, 0.1) is 14.2 Å². The molecule has 0 saturated carbocycles. The molecule has 0 N–H and O–H groups in total. The van der Waals surface area contributed by atoms with E-state index in [1.165, 1.54) is 11.1 Å². The van der Waals surface area contributed by atoms with Crippen LogP contribution in [0.25, 0.3) is 0 Å². The van der Waals surface area contributed by atoms with E-state index < -0.39 is 0 Å². The summed E-state index contributed by atoms with van der Waals surface area (Å²) in [5, 5.41) is 0. The zero-order chi connectivity index (χ0) is 25.3. The van der Waals surface area contributed by atoms with Crippen LogP contribution in [0.1, 0.15) is 46.3 Å². The Morgan fingerprint density at radius 3 is 2.38 bits per heavy atom. The Morgan fingerprint density at radius 1 is 0.892 bits per heavy atom. The van der Waals surface area contributed by atoms with Crippen molar-refractivity contribution in [2.75, 3.05) is 34.4 Å². The molecular weight excluding hydrogens is 486 g/mol. The van der Waals surface area contributed by atoms with Crippen molar-refractivity contribution in [1.82, 2.24) is 4.90 Å². The van der Waals surface area contributed by atoms with Crippen LogP contribution in [0.2, 0.25) is 0 Å². The number of fused-ring (bicyclic) bond motifs is 1. The van der Waals surface area contributed by atoms with Crippen molar-refractivity contribution < 1.29 is 19.0 Å². The van der Waals surface area contributed by atoms with Crippen LogP contribution in [0.5, 0.6) is 17.2 Å². The number of ketones is 1. The summed E-state index contributed by atoms with van der Waals surface area (Å²) in [6.45, 7) is 2.53. The molecule has 1 aliphatic rings. The number of halogens is 1. The number of likely N-dealkylation sites (N-methyl/N-ethyl adjacent to an activating group) is 1. The number of nitrogens with zero attached hydrogens (tertiary/aromatic N) is 1. The molecule has 37 heavy (non-hydrogen) atoms. The second kappa shape index (κ2) is 14.1. The second-order valence-electron chi connectivity index (χ2n) is 9.58. The molecule has 0 spiro atoms. The number of rotatable bonds is 12. The fourth-order valence-corrected chi connectivity index (χ4v) is 4.88. The van der Waals surface area contributed by atoms with Gasteiger partial charge in [-0.1, -0.05) is 42.5 Å². The van der Waals surface area contributed by atoms with E-state index in [9.17, 15) is 4.79 Å². The van der Waals surface area contributed by atoms with E-state index in [1.54, 1.807) is 14.2 Å². The van der Waals surface area contributed by atoms with Gasteiger partial charge < -0.3 is 19.1 Å². The number of hydrogen-bond donors (Lipinski definition) is 0. The maximum absolute atomic E-state index is 13.1. The molecule has 198 valence electrons. The molecule has 0 radical (unpaired) electrons. The smallest absolute Gasteiger partial charge is 0.166 e. The summed E-state index contributed by atoms with van der Waals surface area (Å²) in [6.07, 6.45) is 4.71. The van der Waals surface area contributed by atoms with E-state index in [1.807, 2.05) is 36.4 Å². The molecule has 3 aromatic carbocycles. The van der Waals surface area contributed by atoms with Gasteiger partial charge in [0.2, 0.25) is 0 Å². The Balaban J connectivity index is 0.00000380. The van der Waals surface area contributed by atoms with Gasteiger partial charge in [0.25, 0.3) is 0 Å². The maximum atomic E-state index is 13.1. The van der Waals surface area contributed by atoms with Crippen molar-refractivity contribution in [3.05, 3.63) is 89.0 Å². The van der Waals surface area contributed by atoms with E-state index in [0.29, 0.717) is 18.1 Å². The molecule has 0 fully saturated rings. The summed E-state index contributed by atoms with van der Waals surface area (Å²) < 4.78 is 16.8. The van der Waals surface area contributed by atoms with Crippen LogP contribution in [0.3, 0.4) is 0 Å². The quantitative estimate of drug-likeness (QED) is 0.275. The molecule has 3 aromatic rings. The number of benzene rings is 3. The van der Waals surface area contributed by atoms with Crippen LogP contribution in [0, 0.1) is 5.92 Å². The normalized spacial score (nSPS) is 14.6. The first kappa shape index (κ1) is 28.5. The third-order valence-corrected chi connectivity index (χ3v) is 7.03. The number of carbonyl (C=O) groups excluding carboxylic acids is 1. The lowest BCUT2D eigenvalue weighted by atomic mass is 9.80. The van der Waals surface area contributed by atoms with Crippen molar-refractivity contribution in [2.45, 2.75) is 38.7 Å². The van der Waals surface area contributed by atoms with Gasteiger partial charge in [0, 0.05) is 18.0 Å². The lowest BCUT2D eigenvalue weighted by Gasteiger charge is -2.25. The predicted molar refractivity (Wildman–Crippen MR) is 151 cm³/mol. The fraction of sp³-hybridized carbons (Fsp3) is 0.387. The molecule has 1 unspecified atom stereocenters. The molecule has 6 heteroatoms. The van der Waals surface area contributed by atoms with Crippen LogP contribution >= 0.6 is 12.4 Å². The molecule has 0 aliphatic heterocycles. The minimum absolute atomic E-state index is 0. The molecule has 0 saturated heterocycles. The van der Waals surface area contributed by atoms with Crippen molar-refractivity contribution >= 4 is 18.2 Å². The fourth-order valence-electron chi connectivity index (χ4n) is 4.88. The van der Waals surface area contributed by atoms with Gasteiger partial charge >= 0.3 is 0 Å². The summed E-state index contributed by atoms with van der Waals surface area (Å²) in [6, 6.07) is 22.4. The van der Waals surface area contributed by atoms with E-state index in [0.717, 1.165) is 62.1 Å². The average molecular weight is 524 g/mol. The topological polar surface area (TPSA) is 48.0 Å². The molecule has 0 aromatic heterocycles.